The molecule has 0 aliphatic heterocycles. The number of nitrogens with one attached hydrogen (secondary N) is 2. The molecule has 0 saturated carbocycles. The lowest BCUT2D eigenvalue weighted by Crippen LogP contribution is -2.23. The molecular formula is C10H16IN3O. The number of halogens is 1. The lowest BCUT2D eigenvalue weighted by Gasteiger charge is -2.02. The van der Waals surface area contributed by atoms with Crippen LogP contribution >= 0.6 is 22.6 Å². The van der Waals surface area contributed by atoms with E-state index in [1.165, 1.54) is 29.9 Å². The number of carbonyl (C=O) groups is 1. The largest absolute Gasteiger partial charge is 0.352 e. The van der Waals surface area contributed by atoms with Crippen molar-refractivity contribution < 1.29 is 4.79 Å². The Morgan fingerprint density at radius 3 is 2.87 bits per heavy atom. The molecule has 0 aromatic carbocycles. The van der Waals surface area contributed by atoms with Gasteiger partial charge in [-0.2, -0.15) is 5.10 Å². The number of hydrogen-bond donors (Lipinski definition) is 2. The average Bonchev–Trinajstić information content (AvgIpc) is 2.76. The predicted molar refractivity (Wildman–Crippen MR) is 68.3 cm³/mol. The lowest BCUT2D eigenvalue weighted by molar-refractivity contribution is 0.0953. The van der Waals surface area contributed by atoms with Gasteiger partial charge in [-0.05, 0) is 17.3 Å². The van der Waals surface area contributed by atoms with Crippen molar-refractivity contribution in [2.24, 2.45) is 0 Å². The predicted octanol–water partition coefficient (Wildman–Crippen LogP) is 2.13. The van der Waals surface area contributed by atoms with Gasteiger partial charge in [0.05, 0.1) is 11.8 Å². The monoisotopic (exact) mass is 321 g/mol. The Balaban J connectivity index is 2.03. The summed E-state index contributed by atoms with van der Waals surface area (Å²) in [5.41, 5.74) is 0.599. The highest BCUT2D eigenvalue weighted by Gasteiger charge is 2.04. The van der Waals surface area contributed by atoms with Gasteiger partial charge in [-0.1, -0.05) is 35.4 Å². The van der Waals surface area contributed by atoms with Crippen molar-refractivity contribution in [3.63, 3.8) is 0 Å². The summed E-state index contributed by atoms with van der Waals surface area (Å²) in [6.07, 6.45) is 7.91. The fourth-order valence-electron chi connectivity index (χ4n) is 1.25. The Bertz CT molecular complexity index is 274. The zero-order chi connectivity index (χ0) is 10.9. The van der Waals surface area contributed by atoms with Crippen LogP contribution in [0.5, 0.6) is 0 Å². The number of amides is 1. The number of H-pyrrole nitrogens is 1. The molecule has 1 aromatic rings. The van der Waals surface area contributed by atoms with Crippen LogP contribution in [0.1, 0.15) is 36.0 Å². The van der Waals surface area contributed by atoms with Crippen molar-refractivity contribution in [1.82, 2.24) is 15.5 Å². The molecule has 0 radical (unpaired) electrons. The van der Waals surface area contributed by atoms with Gasteiger partial charge in [-0.3, -0.25) is 9.89 Å². The molecule has 0 bridgehead atoms. The SMILES string of the molecule is O=C(NCCCCCCI)c1cn[nH]c1. The Hall–Kier alpha value is -0.590. The number of carbonyl (C=O) groups excluding carboxylic acids is 1. The maximum absolute atomic E-state index is 11.4. The van der Waals surface area contributed by atoms with E-state index in [0.717, 1.165) is 13.0 Å². The summed E-state index contributed by atoms with van der Waals surface area (Å²) >= 11 is 2.39. The number of rotatable bonds is 7. The van der Waals surface area contributed by atoms with E-state index in [0.29, 0.717) is 5.56 Å². The van der Waals surface area contributed by atoms with E-state index in [-0.39, 0.29) is 5.91 Å². The smallest absolute Gasteiger partial charge is 0.254 e. The highest BCUT2D eigenvalue weighted by molar-refractivity contribution is 14.1. The van der Waals surface area contributed by atoms with Gasteiger partial charge in [0.1, 0.15) is 0 Å². The number of unbranched alkanes of at least 4 members (excludes halogenated alkanes) is 3. The molecule has 1 heterocycles. The number of nitrogens with zero attached hydrogens (tertiary/aromatic N) is 1. The van der Waals surface area contributed by atoms with Crippen LogP contribution in [0.15, 0.2) is 12.4 Å². The zero-order valence-corrected chi connectivity index (χ0v) is 10.8. The molecule has 2 N–H and O–H groups in total. The van der Waals surface area contributed by atoms with E-state index < -0.39 is 0 Å². The van der Waals surface area contributed by atoms with E-state index in [4.69, 9.17) is 0 Å². The van der Waals surface area contributed by atoms with E-state index in [2.05, 4.69) is 38.1 Å². The number of hydrogen-bond acceptors (Lipinski definition) is 2. The maximum Gasteiger partial charge on any atom is 0.254 e. The first-order chi connectivity index (χ1) is 7.34. The fraction of sp³-hybridized carbons (Fsp3) is 0.600. The first-order valence-electron chi connectivity index (χ1n) is 5.17. The van der Waals surface area contributed by atoms with Gasteiger partial charge >= 0.3 is 0 Å². The van der Waals surface area contributed by atoms with Crippen LogP contribution in [-0.4, -0.2) is 27.1 Å². The van der Waals surface area contributed by atoms with Gasteiger partial charge in [-0.25, -0.2) is 0 Å². The Morgan fingerprint density at radius 1 is 1.40 bits per heavy atom. The first kappa shape index (κ1) is 12.5. The molecule has 1 rings (SSSR count). The van der Waals surface area contributed by atoms with Crippen LogP contribution < -0.4 is 5.32 Å². The summed E-state index contributed by atoms with van der Waals surface area (Å²) in [4.78, 5) is 11.4. The number of aromatic amines is 1. The quantitative estimate of drug-likeness (QED) is 0.459. The molecule has 5 heteroatoms. The molecule has 0 aliphatic carbocycles. The van der Waals surface area contributed by atoms with Crippen molar-refractivity contribution in [2.75, 3.05) is 11.0 Å². The van der Waals surface area contributed by atoms with Gasteiger partial charge in [0.2, 0.25) is 0 Å². The van der Waals surface area contributed by atoms with Crippen molar-refractivity contribution in [3.8, 4) is 0 Å². The minimum absolute atomic E-state index is 0.0439. The molecule has 1 aromatic heterocycles. The van der Waals surface area contributed by atoms with Gasteiger partial charge in [0, 0.05) is 12.7 Å². The molecule has 0 unspecified atom stereocenters. The summed E-state index contributed by atoms with van der Waals surface area (Å²) in [6, 6.07) is 0. The molecule has 0 aliphatic rings. The van der Waals surface area contributed by atoms with E-state index in [1.807, 2.05) is 0 Å². The van der Waals surface area contributed by atoms with Crippen LogP contribution in [-0.2, 0) is 0 Å². The average molecular weight is 321 g/mol. The second-order valence-electron chi connectivity index (χ2n) is 3.35. The topological polar surface area (TPSA) is 57.8 Å². The summed E-state index contributed by atoms with van der Waals surface area (Å²) in [5.74, 6) is -0.0439. The minimum atomic E-state index is -0.0439. The van der Waals surface area contributed by atoms with Crippen LogP contribution in [0.2, 0.25) is 0 Å². The van der Waals surface area contributed by atoms with Crippen LogP contribution in [0, 0.1) is 0 Å². The van der Waals surface area contributed by atoms with Gasteiger partial charge in [0.15, 0.2) is 0 Å². The normalized spacial score (nSPS) is 10.2. The van der Waals surface area contributed by atoms with Crippen LogP contribution in [0.25, 0.3) is 0 Å². The highest BCUT2D eigenvalue weighted by Crippen LogP contribution is 2.01. The van der Waals surface area contributed by atoms with Gasteiger partial charge in [-0.15, -0.1) is 0 Å². The van der Waals surface area contributed by atoms with Crippen LogP contribution in [0.3, 0.4) is 0 Å². The lowest BCUT2D eigenvalue weighted by atomic mass is 10.2. The second kappa shape index (κ2) is 7.67. The van der Waals surface area contributed by atoms with Crippen molar-refractivity contribution in [2.45, 2.75) is 25.7 Å². The molecule has 0 saturated heterocycles. The summed E-state index contributed by atoms with van der Waals surface area (Å²) in [5, 5.41) is 9.20. The third kappa shape index (κ3) is 5.15. The maximum atomic E-state index is 11.4. The van der Waals surface area contributed by atoms with Gasteiger partial charge < -0.3 is 5.32 Å². The van der Waals surface area contributed by atoms with Crippen molar-refractivity contribution >= 4 is 28.5 Å². The van der Waals surface area contributed by atoms with E-state index >= 15 is 0 Å². The highest BCUT2D eigenvalue weighted by atomic mass is 127. The first-order valence-corrected chi connectivity index (χ1v) is 6.70. The summed E-state index contributed by atoms with van der Waals surface area (Å²) in [6.45, 7) is 0.755. The van der Waals surface area contributed by atoms with E-state index in [9.17, 15) is 4.79 Å². The fourth-order valence-corrected chi connectivity index (χ4v) is 1.79. The molecule has 84 valence electrons. The molecule has 0 fully saturated rings. The Morgan fingerprint density at radius 2 is 2.20 bits per heavy atom. The third-order valence-corrected chi connectivity index (χ3v) is 2.87. The standard InChI is InChI=1S/C10H16IN3O/c11-5-3-1-2-4-6-12-10(15)9-7-13-14-8-9/h7-8H,1-6H2,(H,12,15)(H,13,14). The van der Waals surface area contributed by atoms with E-state index in [1.54, 1.807) is 6.20 Å². The molecule has 15 heavy (non-hydrogen) atoms. The Kier molecular flexibility index (Phi) is 6.38. The van der Waals surface area contributed by atoms with Crippen molar-refractivity contribution in [1.29, 1.82) is 0 Å². The summed E-state index contributed by atoms with van der Waals surface area (Å²) in [7, 11) is 0. The molecule has 1 amide bonds. The minimum Gasteiger partial charge on any atom is -0.352 e. The zero-order valence-electron chi connectivity index (χ0n) is 8.63. The van der Waals surface area contributed by atoms with Crippen molar-refractivity contribution in [3.05, 3.63) is 18.0 Å². The third-order valence-electron chi connectivity index (χ3n) is 2.11. The Labute approximate surface area is 103 Å². The molecular weight excluding hydrogens is 305 g/mol. The van der Waals surface area contributed by atoms with Gasteiger partial charge in [0.25, 0.3) is 5.91 Å². The second-order valence-corrected chi connectivity index (χ2v) is 4.42. The number of aromatic nitrogens is 2. The summed E-state index contributed by atoms with van der Waals surface area (Å²) < 4.78 is 1.22. The van der Waals surface area contributed by atoms with Crippen LogP contribution in [0.4, 0.5) is 0 Å². The molecule has 0 spiro atoms. The number of alkyl halides is 1. The molecule has 4 nitrogen and oxygen atoms in total. The molecule has 0 atom stereocenters.